The van der Waals surface area contributed by atoms with E-state index in [1.54, 1.807) is 16.4 Å². The molecule has 2 heterocycles. The van der Waals surface area contributed by atoms with Gasteiger partial charge in [-0.2, -0.15) is 4.31 Å². The summed E-state index contributed by atoms with van der Waals surface area (Å²) in [6.45, 7) is 1.39. The third-order valence-electron chi connectivity index (χ3n) is 6.71. The Morgan fingerprint density at radius 1 is 1.00 bits per heavy atom. The van der Waals surface area contributed by atoms with Crippen LogP contribution < -0.4 is 5.32 Å². The van der Waals surface area contributed by atoms with Crippen LogP contribution >= 0.6 is 0 Å². The monoisotopic (exact) mass is 451 g/mol. The molecule has 7 heteroatoms. The molecule has 3 aromatic rings. The average molecular weight is 452 g/mol. The van der Waals surface area contributed by atoms with Crippen molar-refractivity contribution in [3.8, 4) is 0 Å². The second kappa shape index (κ2) is 8.71. The zero-order valence-electron chi connectivity index (χ0n) is 18.2. The van der Waals surface area contributed by atoms with Gasteiger partial charge in [0.25, 0.3) is 0 Å². The molecule has 2 aliphatic rings. The quantitative estimate of drug-likeness (QED) is 0.637. The van der Waals surface area contributed by atoms with Gasteiger partial charge in [-0.3, -0.25) is 4.79 Å². The lowest BCUT2D eigenvalue weighted by atomic mass is 9.88. The van der Waals surface area contributed by atoms with Crippen molar-refractivity contribution in [1.29, 1.82) is 0 Å². The molecule has 1 N–H and O–H groups in total. The number of carbonyl (C=O) groups is 1. The summed E-state index contributed by atoms with van der Waals surface area (Å²) in [7, 11) is -3.47. The first kappa shape index (κ1) is 21.2. The number of aromatic nitrogens is 1. The molecule has 1 amide bonds. The summed E-state index contributed by atoms with van der Waals surface area (Å²) in [5.41, 5.74) is 3.40. The largest absolute Gasteiger partial charge is 0.348 e. The molecule has 0 radical (unpaired) electrons. The van der Waals surface area contributed by atoms with Crippen molar-refractivity contribution >= 4 is 26.8 Å². The third kappa shape index (κ3) is 4.07. The van der Waals surface area contributed by atoms with E-state index in [2.05, 4.69) is 23.5 Å². The summed E-state index contributed by atoms with van der Waals surface area (Å²) in [5.74, 6) is -0.0331. The van der Waals surface area contributed by atoms with Crippen LogP contribution in [-0.4, -0.2) is 36.3 Å². The summed E-state index contributed by atoms with van der Waals surface area (Å²) in [6, 6.07) is 15.5. The number of nitrogens with one attached hydrogen (secondary N) is 1. The van der Waals surface area contributed by atoms with Crippen LogP contribution in [0.4, 0.5) is 0 Å². The fourth-order valence-electron chi connectivity index (χ4n) is 5.03. The maximum absolute atomic E-state index is 13.0. The Bertz CT molecular complexity index is 1240. The maximum Gasteiger partial charge on any atom is 0.243 e. The molecule has 1 aliphatic heterocycles. The van der Waals surface area contributed by atoms with Gasteiger partial charge in [-0.25, -0.2) is 8.42 Å². The minimum absolute atomic E-state index is 0.0331. The van der Waals surface area contributed by atoms with Crippen LogP contribution in [-0.2, 0) is 27.8 Å². The van der Waals surface area contributed by atoms with Crippen LogP contribution in [0, 0.1) is 0 Å². The van der Waals surface area contributed by atoms with Crippen LogP contribution in [0.25, 0.3) is 10.9 Å². The van der Waals surface area contributed by atoms with E-state index in [-0.39, 0.29) is 18.5 Å². The molecule has 0 bridgehead atoms. The lowest BCUT2D eigenvalue weighted by Gasteiger charge is -2.26. The number of benzene rings is 2. The van der Waals surface area contributed by atoms with E-state index in [1.807, 2.05) is 29.0 Å². The normalized spacial score (nSPS) is 19.6. The van der Waals surface area contributed by atoms with Crippen molar-refractivity contribution in [1.82, 2.24) is 14.2 Å². The number of sulfonamides is 1. The number of fused-ring (bicyclic) bond motifs is 2. The predicted molar refractivity (Wildman–Crippen MR) is 125 cm³/mol. The first-order valence-corrected chi connectivity index (χ1v) is 12.9. The molecule has 0 spiro atoms. The van der Waals surface area contributed by atoms with Crippen molar-refractivity contribution in [2.75, 3.05) is 13.1 Å². The van der Waals surface area contributed by atoms with Crippen molar-refractivity contribution in [3.05, 3.63) is 65.9 Å². The second-order valence-corrected chi connectivity index (χ2v) is 10.8. The molecule has 6 nitrogen and oxygen atoms in total. The number of nitrogens with zero attached hydrogens (tertiary/aromatic N) is 2. The lowest BCUT2D eigenvalue weighted by Crippen LogP contribution is -2.35. The van der Waals surface area contributed by atoms with E-state index in [1.165, 1.54) is 11.1 Å². The van der Waals surface area contributed by atoms with Gasteiger partial charge < -0.3 is 9.88 Å². The molecule has 168 valence electrons. The highest BCUT2D eigenvalue weighted by Crippen LogP contribution is 2.30. The highest BCUT2D eigenvalue weighted by Gasteiger charge is 2.26. The standard InChI is InChI=1S/C25H29N3O3S/c29-25(26-23-10-6-8-19-7-2-3-9-22(19)23)18-27-16-13-20-17-21(11-12-24(20)27)32(30,31)28-14-4-1-5-15-28/h2-3,7,9,11-13,16-17,23H,1,4-6,8,10,14-15,18H2,(H,26,29)/t23-/m1/s1. The number of hydrogen-bond acceptors (Lipinski definition) is 3. The summed E-state index contributed by atoms with van der Waals surface area (Å²) in [5, 5.41) is 4.03. The van der Waals surface area contributed by atoms with Gasteiger partial charge in [-0.15, -0.1) is 0 Å². The van der Waals surface area contributed by atoms with Gasteiger partial charge in [0.15, 0.2) is 0 Å². The van der Waals surface area contributed by atoms with Crippen LogP contribution in [0.3, 0.4) is 0 Å². The molecule has 2 aromatic carbocycles. The Kier molecular flexibility index (Phi) is 5.78. The van der Waals surface area contributed by atoms with Gasteiger partial charge in [-0.1, -0.05) is 30.7 Å². The van der Waals surface area contributed by atoms with Crippen molar-refractivity contribution < 1.29 is 13.2 Å². The summed E-state index contributed by atoms with van der Waals surface area (Å²) >= 11 is 0. The third-order valence-corrected chi connectivity index (χ3v) is 8.61. The smallest absolute Gasteiger partial charge is 0.243 e. The van der Waals surface area contributed by atoms with Gasteiger partial charge in [0.05, 0.1) is 10.9 Å². The number of hydrogen-bond donors (Lipinski definition) is 1. The van der Waals surface area contributed by atoms with Crippen LogP contribution in [0.2, 0.25) is 0 Å². The molecule has 1 aliphatic carbocycles. The van der Waals surface area contributed by atoms with Crippen LogP contribution in [0.5, 0.6) is 0 Å². The summed E-state index contributed by atoms with van der Waals surface area (Å²) in [4.78, 5) is 13.2. The molecule has 0 saturated carbocycles. The highest BCUT2D eigenvalue weighted by molar-refractivity contribution is 7.89. The number of rotatable bonds is 5. The van der Waals surface area contributed by atoms with E-state index in [0.29, 0.717) is 18.0 Å². The molecule has 1 atom stereocenters. The zero-order chi connectivity index (χ0) is 22.1. The van der Waals surface area contributed by atoms with Gasteiger partial charge in [-0.05, 0) is 67.5 Å². The van der Waals surface area contributed by atoms with Gasteiger partial charge in [0.1, 0.15) is 6.54 Å². The summed E-state index contributed by atoms with van der Waals surface area (Å²) < 4.78 is 29.5. The number of piperidine rings is 1. The number of amides is 1. The van der Waals surface area contributed by atoms with Gasteiger partial charge in [0.2, 0.25) is 15.9 Å². The SMILES string of the molecule is O=C(Cn1ccc2cc(S(=O)(=O)N3CCCCC3)ccc21)N[C@@H]1CCCc2ccccc21. The van der Waals surface area contributed by atoms with Gasteiger partial charge in [0, 0.05) is 30.2 Å². The molecule has 1 saturated heterocycles. The lowest BCUT2D eigenvalue weighted by molar-refractivity contribution is -0.122. The fourth-order valence-corrected chi connectivity index (χ4v) is 6.58. The maximum atomic E-state index is 13.0. The fraction of sp³-hybridized carbons (Fsp3) is 0.400. The predicted octanol–water partition coefficient (Wildman–Crippen LogP) is 4.01. The van der Waals surface area contributed by atoms with E-state index >= 15 is 0 Å². The van der Waals surface area contributed by atoms with Crippen LogP contribution in [0.15, 0.2) is 59.6 Å². The zero-order valence-corrected chi connectivity index (χ0v) is 19.0. The van der Waals surface area contributed by atoms with E-state index in [0.717, 1.165) is 49.4 Å². The minimum Gasteiger partial charge on any atom is -0.348 e. The molecule has 32 heavy (non-hydrogen) atoms. The second-order valence-electron chi connectivity index (χ2n) is 8.84. The molecule has 1 fully saturated rings. The Morgan fingerprint density at radius 2 is 1.81 bits per heavy atom. The van der Waals surface area contributed by atoms with E-state index in [4.69, 9.17) is 0 Å². The number of carbonyl (C=O) groups excluding carboxylic acids is 1. The Morgan fingerprint density at radius 3 is 2.66 bits per heavy atom. The molecular weight excluding hydrogens is 422 g/mol. The van der Waals surface area contributed by atoms with Crippen molar-refractivity contribution in [3.63, 3.8) is 0 Å². The Hall–Kier alpha value is -2.64. The first-order chi connectivity index (χ1) is 15.5. The first-order valence-electron chi connectivity index (χ1n) is 11.5. The van der Waals surface area contributed by atoms with Crippen LogP contribution in [0.1, 0.15) is 49.3 Å². The molecule has 5 rings (SSSR count). The van der Waals surface area contributed by atoms with E-state index < -0.39 is 10.0 Å². The Balaban J connectivity index is 1.32. The summed E-state index contributed by atoms with van der Waals surface area (Å²) in [6.07, 6.45) is 7.86. The Labute approximate surface area is 189 Å². The average Bonchev–Trinajstić information content (AvgIpc) is 3.22. The van der Waals surface area contributed by atoms with Crippen molar-refractivity contribution in [2.45, 2.75) is 56.0 Å². The van der Waals surface area contributed by atoms with E-state index in [9.17, 15) is 13.2 Å². The number of aryl methyl sites for hydroxylation is 1. The molecule has 1 aromatic heterocycles. The molecular formula is C25H29N3O3S. The van der Waals surface area contributed by atoms with Gasteiger partial charge >= 0.3 is 0 Å². The molecule has 0 unspecified atom stereocenters. The minimum atomic E-state index is -3.47. The topological polar surface area (TPSA) is 71.4 Å². The van der Waals surface area contributed by atoms with Crippen molar-refractivity contribution in [2.24, 2.45) is 0 Å². The highest BCUT2D eigenvalue weighted by atomic mass is 32.2.